The molecule has 0 aromatic heterocycles. The van der Waals surface area contributed by atoms with Crippen molar-refractivity contribution < 1.29 is 4.57 Å². The Morgan fingerprint density at radius 3 is 2.54 bits per heavy atom. The molecule has 0 atom stereocenters. The van der Waals surface area contributed by atoms with Crippen LogP contribution in [0.4, 0.5) is 0 Å². The van der Waals surface area contributed by atoms with Crippen LogP contribution in [-0.4, -0.2) is 18.9 Å². The average molecular weight is 201 g/mol. The second-order valence-electron chi connectivity index (χ2n) is 3.69. The molecule has 0 aromatic carbocycles. The lowest BCUT2D eigenvalue weighted by Gasteiger charge is -2.12. The summed E-state index contributed by atoms with van der Waals surface area (Å²) in [6.07, 6.45) is 10.6. The van der Waals surface area contributed by atoms with E-state index in [2.05, 4.69) is 12.0 Å². The van der Waals surface area contributed by atoms with Crippen LogP contribution in [-0.2, 0) is 4.57 Å². The van der Waals surface area contributed by atoms with Crippen molar-refractivity contribution >= 4 is 7.29 Å². The van der Waals surface area contributed by atoms with Crippen LogP contribution < -0.4 is 5.09 Å². The van der Waals surface area contributed by atoms with Crippen molar-refractivity contribution in [3.8, 4) is 0 Å². The van der Waals surface area contributed by atoms with E-state index < -0.39 is 7.29 Å². The van der Waals surface area contributed by atoms with Gasteiger partial charge in [0.1, 0.15) is 0 Å². The maximum Gasteiger partial charge on any atom is 0.155 e. The highest BCUT2D eigenvalue weighted by atomic mass is 31.2. The van der Waals surface area contributed by atoms with Gasteiger partial charge in [-0.15, -0.1) is 0 Å². The topological polar surface area (TPSA) is 29.1 Å². The van der Waals surface area contributed by atoms with Crippen LogP contribution in [0.25, 0.3) is 0 Å². The Morgan fingerprint density at radius 1 is 1.23 bits per heavy atom. The van der Waals surface area contributed by atoms with Crippen LogP contribution in [0, 0.1) is 0 Å². The van der Waals surface area contributed by atoms with Crippen LogP contribution in [0.2, 0.25) is 0 Å². The lowest BCUT2D eigenvalue weighted by Crippen LogP contribution is -2.13. The Hall–Kier alpha value is -0.0700. The first kappa shape index (κ1) is 11.0. The molecule has 0 spiro atoms. The third-order valence-corrected chi connectivity index (χ3v) is 4.80. The van der Waals surface area contributed by atoms with Gasteiger partial charge in [-0.1, -0.05) is 38.3 Å². The van der Waals surface area contributed by atoms with E-state index in [-0.39, 0.29) is 0 Å². The summed E-state index contributed by atoms with van der Waals surface area (Å²) in [7, 11) is -1.98. The average Bonchev–Trinajstić information content (AvgIpc) is 2.53. The monoisotopic (exact) mass is 201 g/mol. The highest BCUT2D eigenvalue weighted by molar-refractivity contribution is 7.62. The first-order chi connectivity index (χ1) is 6.27. The van der Waals surface area contributed by atoms with Gasteiger partial charge in [-0.05, 0) is 6.42 Å². The summed E-state index contributed by atoms with van der Waals surface area (Å²) in [6, 6.07) is 0. The number of nitrogens with one attached hydrogen (secondary N) is 1. The quantitative estimate of drug-likeness (QED) is 0.406. The van der Waals surface area contributed by atoms with Crippen LogP contribution in [0.1, 0.15) is 32.6 Å². The fraction of sp³-hybridized carbons (Fsp3) is 0.800. The molecule has 0 bridgehead atoms. The molecule has 13 heavy (non-hydrogen) atoms. The van der Waals surface area contributed by atoms with Gasteiger partial charge in [-0.2, -0.15) is 0 Å². The molecule has 0 aliphatic carbocycles. The molecule has 1 rings (SSSR count). The molecule has 2 nitrogen and oxygen atoms in total. The van der Waals surface area contributed by atoms with E-state index >= 15 is 0 Å². The summed E-state index contributed by atoms with van der Waals surface area (Å²) >= 11 is 0. The first-order valence-electron chi connectivity index (χ1n) is 5.25. The molecular formula is C10H20NOP. The van der Waals surface area contributed by atoms with Crippen molar-refractivity contribution in [3.63, 3.8) is 0 Å². The Bertz CT molecular complexity index is 201. The van der Waals surface area contributed by atoms with Crippen molar-refractivity contribution in [1.82, 2.24) is 5.09 Å². The Kier molecular flexibility index (Phi) is 4.76. The Morgan fingerprint density at radius 2 is 1.92 bits per heavy atom. The number of allylic oxidation sites excluding steroid dienone is 2. The molecule has 1 aliphatic heterocycles. The van der Waals surface area contributed by atoms with Crippen LogP contribution >= 0.6 is 7.29 Å². The zero-order valence-corrected chi connectivity index (χ0v) is 9.35. The van der Waals surface area contributed by atoms with E-state index in [9.17, 15) is 4.57 Å². The third kappa shape index (κ3) is 4.10. The van der Waals surface area contributed by atoms with E-state index in [0.717, 1.165) is 25.3 Å². The van der Waals surface area contributed by atoms with Gasteiger partial charge in [0.25, 0.3) is 0 Å². The zero-order chi connectivity index (χ0) is 9.57. The summed E-state index contributed by atoms with van der Waals surface area (Å²) < 4.78 is 11.9. The molecule has 0 aromatic rings. The Balaban J connectivity index is 2.02. The number of hydrogen-bond donors (Lipinski definition) is 1. The van der Waals surface area contributed by atoms with Gasteiger partial charge < -0.3 is 4.57 Å². The van der Waals surface area contributed by atoms with Gasteiger partial charge >= 0.3 is 0 Å². The van der Waals surface area contributed by atoms with E-state index in [1.54, 1.807) is 0 Å². The van der Waals surface area contributed by atoms with Crippen molar-refractivity contribution in [1.29, 1.82) is 0 Å². The summed E-state index contributed by atoms with van der Waals surface area (Å²) in [5.41, 5.74) is 0. The summed E-state index contributed by atoms with van der Waals surface area (Å²) in [5, 5.41) is 3.21. The van der Waals surface area contributed by atoms with E-state index in [1.807, 2.05) is 12.2 Å². The first-order valence-corrected chi connectivity index (χ1v) is 7.33. The van der Waals surface area contributed by atoms with Gasteiger partial charge in [0.15, 0.2) is 7.29 Å². The number of unbranched alkanes of at least 4 members (excludes halogenated alkanes) is 3. The van der Waals surface area contributed by atoms with Gasteiger partial charge in [0.2, 0.25) is 0 Å². The van der Waals surface area contributed by atoms with E-state index in [4.69, 9.17) is 0 Å². The fourth-order valence-corrected chi connectivity index (χ4v) is 3.48. The zero-order valence-electron chi connectivity index (χ0n) is 8.46. The highest BCUT2D eigenvalue weighted by Crippen LogP contribution is 2.44. The molecule has 0 unspecified atom stereocenters. The second-order valence-corrected chi connectivity index (χ2v) is 6.52. The van der Waals surface area contributed by atoms with E-state index in [1.165, 1.54) is 19.3 Å². The summed E-state index contributed by atoms with van der Waals surface area (Å²) in [4.78, 5) is 0. The number of hydrogen-bond acceptors (Lipinski definition) is 1. The third-order valence-electron chi connectivity index (χ3n) is 2.40. The highest BCUT2D eigenvalue weighted by Gasteiger charge is 2.21. The Labute approximate surface area is 81.2 Å². The molecule has 1 aliphatic rings. The van der Waals surface area contributed by atoms with Crippen molar-refractivity contribution in [2.75, 3.05) is 18.9 Å². The normalized spacial score (nSPS) is 19.5. The van der Waals surface area contributed by atoms with Crippen molar-refractivity contribution in [3.05, 3.63) is 12.2 Å². The maximum atomic E-state index is 11.9. The lowest BCUT2D eigenvalue weighted by atomic mass is 10.2. The summed E-state index contributed by atoms with van der Waals surface area (Å²) in [6.45, 7) is 3.13. The largest absolute Gasteiger partial charge is 0.306 e. The molecule has 1 N–H and O–H groups in total. The molecule has 76 valence electrons. The predicted octanol–water partition coefficient (Wildman–Crippen LogP) is 3.00. The lowest BCUT2D eigenvalue weighted by molar-refractivity contribution is 0.564. The van der Waals surface area contributed by atoms with Gasteiger partial charge in [-0.3, -0.25) is 5.09 Å². The minimum Gasteiger partial charge on any atom is -0.306 e. The molecule has 0 radical (unpaired) electrons. The SMILES string of the molecule is CCCCCCNP1(=O)CC=CC1. The van der Waals surface area contributed by atoms with Gasteiger partial charge in [0, 0.05) is 18.9 Å². The molecule has 3 heteroatoms. The van der Waals surface area contributed by atoms with E-state index in [0.29, 0.717) is 0 Å². The maximum absolute atomic E-state index is 11.9. The smallest absolute Gasteiger partial charge is 0.155 e. The molecular weight excluding hydrogens is 181 g/mol. The molecule has 0 amide bonds. The molecule has 1 heterocycles. The molecule has 0 saturated heterocycles. The van der Waals surface area contributed by atoms with Gasteiger partial charge in [-0.25, -0.2) is 0 Å². The van der Waals surface area contributed by atoms with Crippen LogP contribution in [0.5, 0.6) is 0 Å². The molecule has 0 saturated carbocycles. The van der Waals surface area contributed by atoms with Crippen LogP contribution in [0.3, 0.4) is 0 Å². The number of rotatable bonds is 6. The van der Waals surface area contributed by atoms with Crippen LogP contribution in [0.15, 0.2) is 12.2 Å². The molecule has 0 fully saturated rings. The minimum atomic E-state index is -1.98. The fourth-order valence-electron chi connectivity index (χ4n) is 1.53. The van der Waals surface area contributed by atoms with Crippen molar-refractivity contribution in [2.24, 2.45) is 0 Å². The predicted molar refractivity (Wildman–Crippen MR) is 58.6 cm³/mol. The van der Waals surface area contributed by atoms with Crippen molar-refractivity contribution in [2.45, 2.75) is 32.6 Å². The minimum absolute atomic E-state index is 0.765. The second kappa shape index (κ2) is 5.62. The van der Waals surface area contributed by atoms with Gasteiger partial charge in [0.05, 0.1) is 0 Å². The standard InChI is InChI=1S/C10H20NOP/c1-2-3-4-5-8-11-13(12)9-6-7-10-13/h6-7H,2-5,8-10H2,1H3,(H,11,12). The summed E-state index contributed by atoms with van der Waals surface area (Å²) in [5.74, 6) is 0.